The van der Waals surface area contributed by atoms with Gasteiger partial charge in [-0.1, -0.05) is 46.3 Å². The summed E-state index contributed by atoms with van der Waals surface area (Å²) in [5.74, 6) is 0.0801. The van der Waals surface area contributed by atoms with Gasteiger partial charge in [0.15, 0.2) is 0 Å². The zero-order chi connectivity index (χ0) is 12.1. The average molecular weight is 297 g/mol. The van der Waals surface area contributed by atoms with Gasteiger partial charge in [-0.2, -0.15) is 0 Å². The highest BCUT2D eigenvalue weighted by atomic mass is 79.9. The van der Waals surface area contributed by atoms with Crippen molar-refractivity contribution >= 4 is 21.8 Å². The van der Waals surface area contributed by atoms with E-state index in [4.69, 9.17) is 0 Å². The predicted octanol–water partition coefficient (Wildman–Crippen LogP) is 1.77. The number of hydrogen-bond donors (Lipinski definition) is 1. The smallest absolute Gasteiger partial charge is 0.230 e. The Morgan fingerprint density at radius 3 is 2.88 bits per heavy atom. The van der Waals surface area contributed by atoms with Crippen molar-refractivity contribution in [2.75, 3.05) is 18.4 Å². The van der Waals surface area contributed by atoms with E-state index in [0.29, 0.717) is 11.4 Å². The minimum absolute atomic E-state index is 0.0801. The fraction of sp³-hybridized carbons (Fsp3) is 0.462. The third-order valence-corrected chi connectivity index (χ3v) is 3.52. The molecule has 92 valence electrons. The number of rotatable bonds is 4. The molecule has 0 saturated carbocycles. The lowest BCUT2D eigenvalue weighted by Crippen LogP contribution is -2.37. The first-order valence-electron chi connectivity index (χ1n) is 5.89. The van der Waals surface area contributed by atoms with Crippen molar-refractivity contribution in [2.24, 2.45) is 0 Å². The quantitative estimate of drug-likeness (QED) is 0.859. The zero-order valence-electron chi connectivity index (χ0n) is 9.73. The molecule has 1 aromatic carbocycles. The van der Waals surface area contributed by atoms with Crippen LogP contribution in [-0.2, 0) is 11.3 Å². The van der Waals surface area contributed by atoms with Crippen LogP contribution in [0.25, 0.3) is 0 Å². The first kappa shape index (κ1) is 12.6. The molecule has 0 bridgehead atoms. The van der Waals surface area contributed by atoms with Crippen LogP contribution in [0.15, 0.2) is 30.3 Å². The van der Waals surface area contributed by atoms with Gasteiger partial charge >= 0.3 is 0 Å². The molecule has 1 aliphatic rings. The Morgan fingerprint density at radius 2 is 2.18 bits per heavy atom. The van der Waals surface area contributed by atoms with E-state index in [1.54, 1.807) is 0 Å². The second-order valence-electron chi connectivity index (χ2n) is 4.41. The van der Waals surface area contributed by atoms with E-state index in [2.05, 4.69) is 50.4 Å². The van der Waals surface area contributed by atoms with Crippen LogP contribution in [0.2, 0.25) is 0 Å². The second-order valence-corrected chi connectivity index (χ2v) is 4.97. The summed E-state index contributed by atoms with van der Waals surface area (Å²) in [5.41, 5.74) is 1.33. The molecule has 1 amide bonds. The van der Waals surface area contributed by atoms with Gasteiger partial charge < -0.3 is 5.32 Å². The van der Waals surface area contributed by atoms with E-state index in [-0.39, 0.29) is 5.91 Å². The van der Waals surface area contributed by atoms with E-state index in [0.717, 1.165) is 26.1 Å². The molecule has 1 unspecified atom stereocenters. The highest BCUT2D eigenvalue weighted by molar-refractivity contribution is 9.09. The van der Waals surface area contributed by atoms with Gasteiger partial charge in [0, 0.05) is 25.7 Å². The molecule has 1 N–H and O–H groups in total. The molecule has 4 heteroatoms. The zero-order valence-corrected chi connectivity index (χ0v) is 11.3. The summed E-state index contributed by atoms with van der Waals surface area (Å²) in [5, 5.41) is 3.41. The SMILES string of the molecule is O=C(CBr)NC1CCN(Cc2ccccc2)C1. The van der Waals surface area contributed by atoms with Crippen LogP contribution < -0.4 is 5.32 Å². The largest absolute Gasteiger partial charge is 0.351 e. The summed E-state index contributed by atoms with van der Waals surface area (Å²) in [6, 6.07) is 10.8. The fourth-order valence-corrected chi connectivity index (χ4v) is 2.36. The number of nitrogens with zero attached hydrogens (tertiary/aromatic N) is 1. The first-order valence-corrected chi connectivity index (χ1v) is 7.01. The van der Waals surface area contributed by atoms with Gasteiger partial charge in [-0.15, -0.1) is 0 Å². The third-order valence-electron chi connectivity index (χ3n) is 3.01. The Morgan fingerprint density at radius 1 is 1.41 bits per heavy atom. The highest BCUT2D eigenvalue weighted by Crippen LogP contribution is 2.13. The normalized spacial score (nSPS) is 20.4. The number of amides is 1. The van der Waals surface area contributed by atoms with Crippen LogP contribution in [-0.4, -0.2) is 35.3 Å². The minimum Gasteiger partial charge on any atom is -0.351 e. The van der Waals surface area contributed by atoms with Crippen molar-refractivity contribution in [3.63, 3.8) is 0 Å². The van der Waals surface area contributed by atoms with Crippen LogP contribution in [0.5, 0.6) is 0 Å². The van der Waals surface area contributed by atoms with Crippen LogP contribution >= 0.6 is 15.9 Å². The molecule has 2 rings (SSSR count). The van der Waals surface area contributed by atoms with E-state index >= 15 is 0 Å². The Hall–Kier alpha value is -0.870. The average Bonchev–Trinajstić information content (AvgIpc) is 2.77. The van der Waals surface area contributed by atoms with Crippen molar-refractivity contribution in [1.29, 1.82) is 0 Å². The molecule has 1 heterocycles. The maximum atomic E-state index is 11.3. The number of halogens is 1. The molecule has 1 saturated heterocycles. The van der Waals surface area contributed by atoms with Gasteiger partial charge in [-0.3, -0.25) is 9.69 Å². The third kappa shape index (κ3) is 3.82. The highest BCUT2D eigenvalue weighted by Gasteiger charge is 2.23. The predicted molar refractivity (Wildman–Crippen MR) is 72.1 cm³/mol. The van der Waals surface area contributed by atoms with E-state index in [1.165, 1.54) is 5.56 Å². The maximum Gasteiger partial charge on any atom is 0.230 e. The molecule has 0 radical (unpaired) electrons. The standard InChI is InChI=1S/C13H17BrN2O/c14-8-13(17)15-12-6-7-16(10-12)9-11-4-2-1-3-5-11/h1-5,12H,6-10H2,(H,15,17). The fourth-order valence-electron chi connectivity index (χ4n) is 2.20. The molecular formula is C13H17BrN2O. The van der Waals surface area contributed by atoms with Gasteiger partial charge in [0.25, 0.3) is 0 Å². The van der Waals surface area contributed by atoms with Crippen molar-refractivity contribution in [3.05, 3.63) is 35.9 Å². The van der Waals surface area contributed by atoms with Crippen molar-refractivity contribution in [3.8, 4) is 0 Å². The van der Waals surface area contributed by atoms with Gasteiger partial charge in [-0.25, -0.2) is 0 Å². The summed E-state index contributed by atoms with van der Waals surface area (Å²) in [7, 11) is 0. The van der Waals surface area contributed by atoms with Crippen LogP contribution in [0.4, 0.5) is 0 Å². The van der Waals surface area contributed by atoms with Gasteiger partial charge in [0.1, 0.15) is 0 Å². The summed E-state index contributed by atoms with van der Waals surface area (Å²) in [6.07, 6.45) is 1.05. The van der Waals surface area contributed by atoms with Gasteiger partial charge in [0.05, 0.1) is 5.33 Å². The molecule has 0 aromatic heterocycles. The molecule has 1 aliphatic heterocycles. The van der Waals surface area contributed by atoms with Crippen LogP contribution in [0.1, 0.15) is 12.0 Å². The first-order chi connectivity index (χ1) is 8.28. The maximum absolute atomic E-state index is 11.3. The van der Waals surface area contributed by atoms with Crippen LogP contribution in [0, 0.1) is 0 Å². The molecule has 0 aliphatic carbocycles. The lowest BCUT2D eigenvalue weighted by Gasteiger charge is -2.16. The number of hydrogen-bond acceptors (Lipinski definition) is 2. The number of nitrogens with one attached hydrogen (secondary N) is 1. The molecule has 1 atom stereocenters. The molecule has 1 aromatic rings. The molecule has 1 fully saturated rings. The van der Waals surface area contributed by atoms with Gasteiger partial charge in [-0.05, 0) is 12.0 Å². The van der Waals surface area contributed by atoms with E-state index in [1.807, 2.05) is 6.07 Å². The molecular weight excluding hydrogens is 280 g/mol. The Kier molecular flexibility index (Phi) is 4.57. The summed E-state index contributed by atoms with van der Waals surface area (Å²) in [4.78, 5) is 13.6. The Balaban J connectivity index is 1.80. The summed E-state index contributed by atoms with van der Waals surface area (Å²) < 4.78 is 0. The lowest BCUT2D eigenvalue weighted by atomic mass is 10.2. The molecule has 0 spiro atoms. The van der Waals surface area contributed by atoms with Crippen LogP contribution in [0.3, 0.4) is 0 Å². The van der Waals surface area contributed by atoms with Crippen molar-refractivity contribution in [1.82, 2.24) is 10.2 Å². The molecule has 3 nitrogen and oxygen atoms in total. The summed E-state index contributed by atoms with van der Waals surface area (Å²) in [6.45, 7) is 2.98. The number of likely N-dealkylation sites (tertiary alicyclic amines) is 1. The minimum atomic E-state index is 0.0801. The Bertz CT molecular complexity index is 369. The molecule has 17 heavy (non-hydrogen) atoms. The monoisotopic (exact) mass is 296 g/mol. The van der Waals surface area contributed by atoms with E-state index in [9.17, 15) is 4.79 Å². The van der Waals surface area contributed by atoms with Crippen molar-refractivity contribution < 1.29 is 4.79 Å². The summed E-state index contributed by atoms with van der Waals surface area (Å²) >= 11 is 3.17. The topological polar surface area (TPSA) is 32.3 Å². The number of benzene rings is 1. The second kappa shape index (κ2) is 6.17. The van der Waals surface area contributed by atoms with Gasteiger partial charge in [0.2, 0.25) is 5.91 Å². The number of alkyl halides is 1. The lowest BCUT2D eigenvalue weighted by molar-refractivity contribution is -0.119. The Labute approximate surface area is 110 Å². The number of carbonyl (C=O) groups excluding carboxylic acids is 1. The van der Waals surface area contributed by atoms with E-state index < -0.39 is 0 Å². The van der Waals surface area contributed by atoms with Crippen molar-refractivity contribution in [2.45, 2.75) is 19.0 Å². The number of carbonyl (C=O) groups is 1.